The number of carbonyl (C=O) groups is 1. The number of anilines is 3. The van der Waals surface area contributed by atoms with Crippen molar-refractivity contribution in [1.29, 1.82) is 0 Å². The number of hydrogen-bond donors (Lipinski definition) is 1. The summed E-state index contributed by atoms with van der Waals surface area (Å²) in [4.78, 5) is 29.0. The number of aryl methyl sites for hydroxylation is 1. The molecule has 7 nitrogen and oxygen atoms in total. The van der Waals surface area contributed by atoms with Gasteiger partial charge in [0.1, 0.15) is 17.7 Å². The molecule has 31 heavy (non-hydrogen) atoms. The van der Waals surface area contributed by atoms with E-state index < -0.39 is 11.6 Å². The first-order valence-electron chi connectivity index (χ1n) is 9.94. The summed E-state index contributed by atoms with van der Waals surface area (Å²) >= 11 is 0. The summed E-state index contributed by atoms with van der Waals surface area (Å²) in [5, 5.41) is 2.84. The van der Waals surface area contributed by atoms with E-state index in [-0.39, 0.29) is 28.5 Å². The maximum absolute atomic E-state index is 14.3. The van der Waals surface area contributed by atoms with Crippen LogP contribution in [0.4, 0.5) is 26.1 Å². The minimum Gasteiger partial charge on any atom is -0.352 e. The average molecular weight is 422 g/mol. The Morgan fingerprint density at radius 2 is 2.00 bits per heavy atom. The highest BCUT2D eigenvalue weighted by molar-refractivity contribution is 5.90. The molecule has 0 unspecified atom stereocenters. The number of benzene rings is 1. The van der Waals surface area contributed by atoms with Gasteiger partial charge in [-0.2, -0.15) is 0 Å². The molecule has 2 saturated heterocycles. The van der Waals surface area contributed by atoms with Crippen LogP contribution in [0, 0.1) is 18.6 Å². The molecule has 0 aliphatic carbocycles. The first kappa shape index (κ1) is 19.3. The predicted octanol–water partition coefficient (Wildman–Crippen LogP) is 3.33. The molecule has 158 valence electrons. The van der Waals surface area contributed by atoms with E-state index in [2.05, 4.69) is 31.7 Å². The topological polar surface area (TPSA) is 74.2 Å². The standard InChI is InChI=1S/C22H20F2N6O/c1-3-17(31)30-9-8-22(30)10-29(11-22)16-7-6-15-20(28-16)21(26-12-25-15)27-14-5-4-13(2)18(23)19(14)24/h3-7,12H,1,8-11H2,2H3,(H,25,26,27). The maximum Gasteiger partial charge on any atom is 0.246 e. The highest BCUT2D eigenvalue weighted by Crippen LogP contribution is 2.41. The Morgan fingerprint density at radius 3 is 2.71 bits per heavy atom. The van der Waals surface area contributed by atoms with Gasteiger partial charge in [0, 0.05) is 19.6 Å². The van der Waals surface area contributed by atoms with Crippen LogP contribution in [0.5, 0.6) is 0 Å². The quantitative estimate of drug-likeness (QED) is 0.650. The number of nitrogens with zero attached hydrogens (tertiary/aromatic N) is 5. The van der Waals surface area contributed by atoms with E-state index in [9.17, 15) is 13.6 Å². The number of halogens is 2. The molecular formula is C22H20F2N6O. The summed E-state index contributed by atoms with van der Waals surface area (Å²) < 4.78 is 28.3. The monoisotopic (exact) mass is 422 g/mol. The molecule has 1 N–H and O–H groups in total. The molecule has 5 rings (SSSR count). The lowest BCUT2D eigenvalue weighted by atomic mass is 9.77. The number of likely N-dealkylation sites (tertiary alicyclic amines) is 1. The van der Waals surface area contributed by atoms with Gasteiger partial charge in [-0.05, 0) is 43.2 Å². The van der Waals surface area contributed by atoms with Crippen molar-refractivity contribution in [3.05, 3.63) is 60.4 Å². The normalized spacial score (nSPS) is 16.7. The fraction of sp³-hybridized carbons (Fsp3) is 0.273. The summed E-state index contributed by atoms with van der Waals surface area (Å²) in [6, 6.07) is 6.63. The molecule has 0 radical (unpaired) electrons. The van der Waals surface area contributed by atoms with Crippen LogP contribution in [0.25, 0.3) is 11.0 Å². The number of amides is 1. The van der Waals surface area contributed by atoms with Crippen LogP contribution in [0.3, 0.4) is 0 Å². The van der Waals surface area contributed by atoms with E-state index in [1.165, 1.54) is 31.5 Å². The summed E-state index contributed by atoms with van der Waals surface area (Å²) in [5.74, 6) is -0.919. The van der Waals surface area contributed by atoms with Gasteiger partial charge in [0.05, 0.1) is 16.7 Å². The lowest BCUT2D eigenvalue weighted by Gasteiger charge is -2.62. The average Bonchev–Trinajstić information content (AvgIpc) is 2.72. The molecular weight excluding hydrogens is 402 g/mol. The summed E-state index contributed by atoms with van der Waals surface area (Å²) in [7, 11) is 0. The van der Waals surface area contributed by atoms with Crippen molar-refractivity contribution in [3.63, 3.8) is 0 Å². The van der Waals surface area contributed by atoms with Gasteiger partial charge in [0.2, 0.25) is 5.91 Å². The molecule has 3 aromatic rings. The van der Waals surface area contributed by atoms with Gasteiger partial charge in [-0.3, -0.25) is 4.79 Å². The third-order valence-electron chi connectivity index (χ3n) is 6.10. The van der Waals surface area contributed by atoms with Crippen LogP contribution in [0.15, 0.2) is 43.2 Å². The minimum atomic E-state index is -0.968. The number of hydrogen-bond acceptors (Lipinski definition) is 6. The smallest absolute Gasteiger partial charge is 0.246 e. The lowest BCUT2D eigenvalue weighted by Crippen LogP contribution is -2.78. The molecule has 0 atom stereocenters. The van der Waals surface area contributed by atoms with E-state index in [0.29, 0.717) is 29.9 Å². The zero-order valence-corrected chi connectivity index (χ0v) is 16.9. The second-order valence-corrected chi connectivity index (χ2v) is 7.97. The molecule has 0 bridgehead atoms. The van der Waals surface area contributed by atoms with Crippen molar-refractivity contribution in [2.45, 2.75) is 18.9 Å². The van der Waals surface area contributed by atoms with Gasteiger partial charge in [0.15, 0.2) is 17.5 Å². The van der Waals surface area contributed by atoms with Gasteiger partial charge in [0.25, 0.3) is 0 Å². The Kier molecular flexibility index (Phi) is 4.35. The number of carbonyl (C=O) groups excluding carboxylic acids is 1. The van der Waals surface area contributed by atoms with Gasteiger partial charge < -0.3 is 15.1 Å². The number of nitrogens with one attached hydrogen (secondary N) is 1. The van der Waals surface area contributed by atoms with Crippen molar-refractivity contribution in [2.75, 3.05) is 29.9 Å². The summed E-state index contributed by atoms with van der Waals surface area (Å²) in [5.41, 5.74) is 1.08. The van der Waals surface area contributed by atoms with E-state index in [0.717, 1.165) is 13.0 Å². The fourth-order valence-corrected chi connectivity index (χ4v) is 4.22. The van der Waals surface area contributed by atoms with Crippen LogP contribution >= 0.6 is 0 Å². The first-order chi connectivity index (χ1) is 14.9. The Labute approximate surface area is 177 Å². The molecule has 9 heteroatoms. The minimum absolute atomic E-state index is 0.0220. The van der Waals surface area contributed by atoms with E-state index in [1.807, 2.05) is 17.0 Å². The van der Waals surface area contributed by atoms with E-state index in [1.54, 1.807) is 0 Å². The van der Waals surface area contributed by atoms with Crippen LogP contribution in [-0.4, -0.2) is 50.9 Å². The maximum atomic E-state index is 14.3. The fourth-order valence-electron chi connectivity index (χ4n) is 4.22. The van der Waals surface area contributed by atoms with Gasteiger partial charge in [-0.15, -0.1) is 0 Å². The highest BCUT2D eigenvalue weighted by Gasteiger charge is 2.55. The number of rotatable bonds is 4. The molecule has 1 aromatic carbocycles. The molecule has 2 aromatic heterocycles. The number of fused-ring (bicyclic) bond motifs is 1. The van der Waals surface area contributed by atoms with Crippen LogP contribution in [0.1, 0.15) is 12.0 Å². The highest BCUT2D eigenvalue weighted by atomic mass is 19.2. The zero-order valence-electron chi connectivity index (χ0n) is 16.9. The number of aromatic nitrogens is 3. The Morgan fingerprint density at radius 1 is 1.19 bits per heavy atom. The lowest BCUT2D eigenvalue weighted by molar-refractivity contribution is -0.144. The number of pyridine rings is 1. The molecule has 0 saturated carbocycles. The molecule has 2 fully saturated rings. The van der Waals surface area contributed by atoms with E-state index >= 15 is 0 Å². The van der Waals surface area contributed by atoms with Crippen LogP contribution in [0.2, 0.25) is 0 Å². The van der Waals surface area contributed by atoms with Crippen molar-refractivity contribution in [2.24, 2.45) is 0 Å². The van der Waals surface area contributed by atoms with Crippen molar-refractivity contribution < 1.29 is 13.6 Å². The summed E-state index contributed by atoms with van der Waals surface area (Å²) in [6.07, 6.45) is 3.64. The zero-order chi connectivity index (χ0) is 21.8. The molecule has 4 heterocycles. The Balaban J connectivity index is 1.43. The molecule has 2 aliphatic heterocycles. The van der Waals surface area contributed by atoms with Gasteiger partial charge >= 0.3 is 0 Å². The van der Waals surface area contributed by atoms with Crippen molar-refractivity contribution in [3.8, 4) is 0 Å². The molecule has 2 aliphatic rings. The van der Waals surface area contributed by atoms with E-state index in [4.69, 9.17) is 0 Å². The third kappa shape index (κ3) is 2.99. The largest absolute Gasteiger partial charge is 0.352 e. The molecule has 1 amide bonds. The predicted molar refractivity (Wildman–Crippen MR) is 113 cm³/mol. The van der Waals surface area contributed by atoms with Gasteiger partial charge in [-0.25, -0.2) is 23.7 Å². The second kappa shape index (κ2) is 6.97. The summed E-state index contributed by atoms with van der Waals surface area (Å²) in [6.45, 7) is 7.17. The molecule has 1 spiro atoms. The second-order valence-electron chi connectivity index (χ2n) is 7.97. The Bertz CT molecular complexity index is 1220. The third-order valence-corrected chi connectivity index (χ3v) is 6.10. The van der Waals surface area contributed by atoms with Gasteiger partial charge in [-0.1, -0.05) is 12.6 Å². The van der Waals surface area contributed by atoms with Crippen LogP contribution < -0.4 is 10.2 Å². The van der Waals surface area contributed by atoms with Crippen molar-refractivity contribution >= 4 is 34.3 Å². The first-order valence-corrected chi connectivity index (χ1v) is 9.94. The van der Waals surface area contributed by atoms with Crippen molar-refractivity contribution in [1.82, 2.24) is 19.9 Å². The van der Waals surface area contributed by atoms with Crippen LogP contribution in [-0.2, 0) is 4.79 Å². The SMILES string of the molecule is C=CC(=O)N1CCC12CN(c1ccc3ncnc(Nc4ccc(C)c(F)c4F)c3n1)C2. The Hall–Kier alpha value is -3.62.